The Morgan fingerprint density at radius 1 is 1.15 bits per heavy atom. The largest absolute Gasteiger partial charge is 0.490 e. The van der Waals surface area contributed by atoms with Crippen molar-refractivity contribution in [3.8, 4) is 0 Å². The molecule has 1 aromatic heterocycles. The summed E-state index contributed by atoms with van der Waals surface area (Å²) in [5.74, 6) is 0.467. The maximum atomic E-state index is 9.54. The van der Waals surface area contributed by atoms with Crippen LogP contribution in [0.1, 0.15) is 32.2 Å². The molecule has 7 heteroatoms. The van der Waals surface area contributed by atoms with E-state index >= 15 is 0 Å². The van der Waals surface area contributed by atoms with E-state index in [-0.39, 0.29) is 0 Å². The van der Waals surface area contributed by atoms with E-state index in [0.717, 1.165) is 5.56 Å². The van der Waals surface area contributed by atoms with E-state index in [1.807, 2.05) is 20.8 Å². The molecule has 0 radical (unpaired) electrons. The van der Waals surface area contributed by atoms with Crippen molar-refractivity contribution >= 4 is 23.7 Å². The molecule has 0 spiro atoms. The van der Waals surface area contributed by atoms with Crippen molar-refractivity contribution in [3.05, 3.63) is 23.6 Å². The molecule has 0 aliphatic carbocycles. The van der Waals surface area contributed by atoms with Crippen LogP contribution in [0.5, 0.6) is 0 Å². The Balaban J connectivity index is 2.23. The molecule has 0 amide bonds. The summed E-state index contributed by atoms with van der Waals surface area (Å²) < 4.78 is 5.50. The molecule has 6 nitrogen and oxygen atoms in total. The second kappa shape index (κ2) is 4.05. The molecule has 0 bridgehead atoms. The van der Waals surface area contributed by atoms with Crippen molar-refractivity contribution in [3.63, 3.8) is 0 Å². The van der Waals surface area contributed by atoms with Crippen molar-refractivity contribution < 1.29 is 24.2 Å². The van der Waals surface area contributed by atoms with E-state index in [0.29, 0.717) is 22.5 Å². The molecule has 1 aromatic carbocycles. The SMILES string of the molecule is Cc1nc2c(B(O)O)cc(C3(C)OOC3(C)C)cc2o1. The van der Waals surface area contributed by atoms with Gasteiger partial charge in [-0.25, -0.2) is 14.8 Å². The van der Waals surface area contributed by atoms with Crippen molar-refractivity contribution in [2.45, 2.75) is 38.9 Å². The molecule has 1 saturated heterocycles. The molecule has 2 N–H and O–H groups in total. The average molecular weight is 277 g/mol. The minimum Gasteiger partial charge on any atom is -0.441 e. The minimum absolute atomic E-state index is 0.293. The summed E-state index contributed by atoms with van der Waals surface area (Å²) in [5.41, 5.74) is 0.778. The normalized spacial score (nSPS) is 24.7. The number of benzene rings is 1. The zero-order valence-electron chi connectivity index (χ0n) is 11.8. The molecular formula is C13H16BNO5. The fraction of sp³-hybridized carbons (Fsp3) is 0.462. The van der Waals surface area contributed by atoms with Gasteiger partial charge in [-0.2, -0.15) is 0 Å². The second-order valence-electron chi connectivity index (χ2n) is 5.73. The van der Waals surface area contributed by atoms with Gasteiger partial charge < -0.3 is 14.5 Å². The number of aromatic nitrogens is 1. The molecule has 2 aromatic rings. The Morgan fingerprint density at radius 2 is 1.85 bits per heavy atom. The molecular weight excluding hydrogens is 261 g/mol. The third-order valence-electron chi connectivity index (χ3n) is 4.03. The summed E-state index contributed by atoms with van der Waals surface area (Å²) in [6.45, 7) is 7.40. The van der Waals surface area contributed by atoms with Crippen LogP contribution < -0.4 is 5.46 Å². The molecule has 1 aliphatic heterocycles. The lowest BCUT2D eigenvalue weighted by molar-refractivity contribution is -0.548. The predicted octanol–water partition coefficient (Wildman–Crippen LogP) is 0.772. The van der Waals surface area contributed by atoms with Crippen molar-refractivity contribution in [2.24, 2.45) is 0 Å². The summed E-state index contributed by atoms with van der Waals surface area (Å²) in [7, 11) is -1.63. The van der Waals surface area contributed by atoms with E-state index < -0.39 is 18.3 Å². The van der Waals surface area contributed by atoms with Gasteiger partial charge in [0, 0.05) is 12.4 Å². The Kier molecular flexibility index (Phi) is 2.75. The van der Waals surface area contributed by atoms with Gasteiger partial charge in [0.15, 0.2) is 17.1 Å². The Hall–Kier alpha value is -1.41. The van der Waals surface area contributed by atoms with E-state index in [9.17, 15) is 10.0 Å². The standard InChI is InChI=1S/C13H16BNO5/c1-7-15-11-9(14(16)17)5-8(6-10(11)18-7)13(4)12(2,3)19-20-13/h5-6,16-17H,1-4H3. The highest BCUT2D eigenvalue weighted by Gasteiger charge is 2.56. The van der Waals surface area contributed by atoms with Gasteiger partial charge >= 0.3 is 7.12 Å². The molecule has 2 heterocycles. The van der Waals surface area contributed by atoms with Crippen LogP contribution in [0.4, 0.5) is 0 Å². The highest BCUT2D eigenvalue weighted by atomic mass is 17.3. The maximum absolute atomic E-state index is 9.54. The van der Waals surface area contributed by atoms with Crippen molar-refractivity contribution in [1.29, 1.82) is 0 Å². The summed E-state index contributed by atoms with van der Waals surface area (Å²) in [4.78, 5) is 14.6. The first-order chi connectivity index (χ1) is 9.24. The lowest BCUT2D eigenvalue weighted by atomic mass is 9.73. The summed E-state index contributed by atoms with van der Waals surface area (Å²) in [6.07, 6.45) is 0. The first kappa shape index (κ1) is 13.6. The lowest BCUT2D eigenvalue weighted by Crippen LogP contribution is -2.59. The quantitative estimate of drug-likeness (QED) is 0.623. The number of oxazole rings is 1. The van der Waals surface area contributed by atoms with Crippen LogP contribution in [0.15, 0.2) is 16.5 Å². The van der Waals surface area contributed by atoms with Gasteiger partial charge in [0.1, 0.15) is 11.1 Å². The topological polar surface area (TPSA) is 85.0 Å². The van der Waals surface area contributed by atoms with Crippen LogP contribution in [0, 0.1) is 6.92 Å². The van der Waals surface area contributed by atoms with Crippen molar-refractivity contribution in [2.75, 3.05) is 0 Å². The third kappa shape index (κ3) is 1.71. The second-order valence-corrected chi connectivity index (χ2v) is 5.73. The Bertz CT molecular complexity index is 681. The van der Waals surface area contributed by atoms with Gasteiger partial charge in [0.05, 0.1) is 0 Å². The van der Waals surface area contributed by atoms with E-state index in [4.69, 9.17) is 14.2 Å². The number of fused-ring (bicyclic) bond motifs is 1. The minimum atomic E-state index is -1.63. The molecule has 1 atom stereocenters. The number of nitrogens with zero attached hydrogens (tertiary/aromatic N) is 1. The van der Waals surface area contributed by atoms with Gasteiger partial charge in [-0.3, -0.25) is 0 Å². The smallest absolute Gasteiger partial charge is 0.441 e. The zero-order valence-corrected chi connectivity index (χ0v) is 11.8. The highest BCUT2D eigenvalue weighted by molar-refractivity contribution is 6.61. The first-order valence-corrected chi connectivity index (χ1v) is 6.39. The molecule has 20 heavy (non-hydrogen) atoms. The van der Waals surface area contributed by atoms with Crippen LogP contribution in [0.2, 0.25) is 0 Å². The van der Waals surface area contributed by atoms with Crippen molar-refractivity contribution in [1.82, 2.24) is 4.98 Å². The molecule has 3 rings (SSSR count). The third-order valence-corrected chi connectivity index (χ3v) is 4.03. The first-order valence-electron chi connectivity index (χ1n) is 6.39. The fourth-order valence-electron chi connectivity index (χ4n) is 2.37. The van der Waals surface area contributed by atoms with Gasteiger partial charge in [0.2, 0.25) is 0 Å². The number of hydrogen-bond acceptors (Lipinski definition) is 6. The van der Waals surface area contributed by atoms with E-state index in [2.05, 4.69) is 4.98 Å². The summed E-state index contributed by atoms with van der Waals surface area (Å²) in [6, 6.07) is 3.46. The zero-order chi connectivity index (χ0) is 14.7. The monoisotopic (exact) mass is 277 g/mol. The van der Waals surface area contributed by atoms with Gasteiger partial charge in [-0.05, 0) is 32.4 Å². The number of rotatable bonds is 2. The lowest BCUT2D eigenvalue weighted by Gasteiger charge is -2.51. The number of aryl methyl sites for hydroxylation is 1. The van der Waals surface area contributed by atoms with Crippen LogP contribution in [-0.2, 0) is 15.4 Å². The molecule has 1 aliphatic rings. The summed E-state index contributed by atoms with van der Waals surface area (Å²) >= 11 is 0. The van der Waals surface area contributed by atoms with Gasteiger partial charge in [-0.15, -0.1) is 0 Å². The fourth-order valence-corrected chi connectivity index (χ4v) is 2.37. The van der Waals surface area contributed by atoms with Gasteiger partial charge in [-0.1, -0.05) is 6.07 Å². The maximum Gasteiger partial charge on any atom is 0.490 e. The van der Waals surface area contributed by atoms with E-state index in [1.165, 1.54) is 0 Å². The highest BCUT2D eigenvalue weighted by Crippen LogP contribution is 2.48. The molecule has 0 saturated carbocycles. The Labute approximate surface area is 116 Å². The molecule has 1 fully saturated rings. The van der Waals surface area contributed by atoms with Crippen LogP contribution in [0.25, 0.3) is 11.1 Å². The van der Waals surface area contributed by atoms with Crippen LogP contribution in [-0.4, -0.2) is 27.8 Å². The molecule has 106 valence electrons. The van der Waals surface area contributed by atoms with Gasteiger partial charge in [0.25, 0.3) is 0 Å². The van der Waals surface area contributed by atoms with Crippen LogP contribution >= 0.6 is 0 Å². The predicted molar refractivity (Wildman–Crippen MR) is 72.2 cm³/mol. The molecule has 1 unspecified atom stereocenters. The number of hydrogen-bond donors (Lipinski definition) is 2. The van der Waals surface area contributed by atoms with E-state index in [1.54, 1.807) is 19.1 Å². The van der Waals surface area contributed by atoms with Crippen LogP contribution in [0.3, 0.4) is 0 Å². The summed E-state index contributed by atoms with van der Waals surface area (Å²) in [5, 5.41) is 19.1. The Morgan fingerprint density at radius 3 is 2.35 bits per heavy atom. The average Bonchev–Trinajstić information content (AvgIpc) is 2.74.